The number of hydrogen-bond acceptors (Lipinski definition) is 9. The van der Waals surface area contributed by atoms with Crippen molar-refractivity contribution in [1.82, 2.24) is 19.8 Å². The van der Waals surface area contributed by atoms with Crippen molar-refractivity contribution in [2.24, 2.45) is 11.7 Å². The summed E-state index contributed by atoms with van der Waals surface area (Å²) < 4.78 is 6.33. The lowest BCUT2D eigenvalue weighted by Crippen LogP contribution is -2.56. The van der Waals surface area contributed by atoms with Gasteiger partial charge in [-0.15, -0.1) is 0 Å². The van der Waals surface area contributed by atoms with Gasteiger partial charge in [0.2, 0.25) is 5.91 Å². The lowest BCUT2D eigenvalue weighted by molar-refractivity contribution is -0.134. The number of hydrogen-bond donors (Lipinski definition) is 1. The number of fused-ring (bicyclic) bond motifs is 2. The number of nitrogens with zero attached hydrogens (tertiary/aromatic N) is 7. The molecular weight excluding hydrogens is 600 g/mol. The summed E-state index contributed by atoms with van der Waals surface area (Å²) in [5, 5.41) is 12.6. The summed E-state index contributed by atoms with van der Waals surface area (Å²) in [6.45, 7) is 4.71. The van der Waals surface area contributed by atoms with E-state index in [9.17, 15) is 10.1 Å². The first-order valence-corrected chi connectivity index (χ1v) is 17.1. The second kappa shape index (κ2) is 13.2. The minimum Gasteiger partial charge on any atom is -0.462 e. The number of rotatable bonds is 9. The first-order chi connectivity index (χ1) is 22.4. The van der Waals surface area contributed by atoms with Gasteiger partial charge in [-0.25, -0.2) is 0 Å². The maximum absolute atomic E-state index is 13.3. The molecule has 4 heterocycles. The highest BCUT2D eigenvalue weighted by atomic mass is 35.5. The normalized spacial score (nSPS) is 22.5. The van der Waals surface area contributed by atoms with Gasteiger partial charge >= 0.3 is 6.01 Å². The molecule has 3 aromatic rings. The van der Waals surface area contributed by atoms with Gasteiger partial charge in [0.1, 0.15) is 12.4 Å². The summed E-state index contributed by atoms with van der Waals surface area (Å²) in [5.41, 5.74) is 9.47. The van der Waals surface area contributed by atoms with E-state index in [2.05, 4.69) is 52.1 Å². The molecule has 3 aliphatic heterocycles. The van der Waals surface area contributed by atoms with Gasteiger partial charge in [-0.2, -0.15) is 15.2 Å². The van der Waals surface area contributed by atoms with Crippen molar-refractivity contribution in [3.05, 3.63) is 52.7 Å². The molecule has 242 valence electrons. The van der Waals surface area contributed by atoms with Gasteiger partial charge in [-0.1, -0.05) is 35.9 Å². The zero-order valence-corrected chi connectivity index (χ0v) is 27.3. The van der Waals surface area contributed by atoms with Crippen LogP contribution in [0.4, 0.5) is 11.5 Å². The quantitative estimate of drug-likeness (QED) is 0.363. The largest absolute Gasteiger partial charge is 0.462 e. The summed E-state index contributed by atoms with van der Waals surface area (Å²) in [7, 11) is 2.14. The molecule has 0 unspecified atom stereocenters. The number of nitrogens with two attached hydrogens (primary N) is 1. The molecule has 11 heteroatoms. The highest BCUT2D eigenvalue weighted by molar-refractivity contribution is 6.36. The van der Waals surface area contributed by atoms with Crippen molar-refractivity contribution >= 4 is 39.8 Å². The molecule has 1 aromatic heterocycles. The van der Waals surface area contributed by atoms with Crippen molar-refractivity contribution in [1.29, 1.82) is 5.26 Å². The number of amides is 1. The lowest BCUT2D eigenvalue weighted by atomic mass is 10.0. The molecule has 2 N–H and O–H groups in total. The van der Waals surface area contributed by atoms with E-state index in [1.807, 2.05) is 17.0 Å². The van der Waals surface area contributed by atoms with Gasteiger partial charge in [0.15, 0.2) is 0 Å². The number of aromatic nitrogens is 2. The van der Waals surface area contributed by atoms with E-state index in [1.165, 1.54) is 0 Å². The summed E-state index contributed by atoms with van der Waals surface area (Å²) in [6.07, 6.45) is 5.84. The molecule has 0 radical (unpaired) electrons. The number of nitriles is 1. The van der Waals surface area contributed by atoms with Gasteiger partial charge in [0.25, 0.3) is 0 Å². The van der Waals surface area contributed by atoms with Crippen molar-refractivity contribution in [3.63, 3.8) is 0 Å². The molecule has 1 saturated carbocycles. The predicted molar refractivity (Wildman–Crippen MR) is 180 cm³/mol. The second-order valence-corrected chi connectivity index (χ2v) is 13.8. The number of anilines is 2. The molecular formula is C35H43ClN8O2. The monoisotopic (exact) mass is 642 g/mol. The minimum atomic E-state index is -0.224. The summed E-state index contributed by atoms with van der Waals surface area (Å²) in [6, 6.07) is 15.1. The van der Waals surface area contributed by atoms with E-state index in [1.54, 1.807) is 0 Å². The minimum absolute atomic E-state index is 0.0538. The van der Waals surface area contributed by atoms with Gasteiger partial charge in [0, 0.05) is 61.3 Å². The third-order valence-corrected chi connectivity index (χ3v) is 10.7. The zero-order valence-electron chi connectivity index (χ0n) is 26.6. The number of likely N-dealkylation sites (tertiary alicyclic amines) is 1. The van der Waals surface area contributed by atoms with E-state index in [0.717, 1.165) is 83.8 Å². The number of piperazine rings is 1. The Morgan fingerprint density at radius 2 is 1.91 bits per heavy atom. The number of likely N-dealkylation sites (N-methyl/N-ethyl adjacent to an activating group) is 1. The Hall–Kier alpha value is -3.65. The van der Waals surface area contributed by atoms with Gasteiger partial charge < -0.3 is 30.1 Å². The van der Waals surface area contributed by atoms with Crippen LogP contribution in [0.15, 0.2) is 36.4 Å². The smallest absolute Gasteiger partial charge is 0.318 e. The fourth-order valence-electron chi connectivity index (χ4n) is 7.49. The number of halogens is 1. The Balaban J connectivity index is 1.18. The van der Waals surface area contributed by atoms with Crippen molar-refractivity contribution in [2.45, 2.75) is 69.6 Å². The molecule has 0 bridgehead atoms. The average Bonchev–Trinajstić information content (AvgIpc) is 3.84. The number of carbonyl (C=O) groups excluding carboxylic acids is 1. The van der Waals surface area contributed by atoms with Crippen LogP contribution in [0.25, 0.3) is 10.8 Å². The highest BCUT2D eigenvalue weighted by Gasteiger charge is 2.37. The Labute approximate surface area is 276 Å². The first kappa shape index (κ1) is 31.0. The molecule has 10 nitrogen and oxygen atoms in total. The molecule has 46 heavy (non-hydrogen) atoms. The fourth-order valence-corrected chi connectivity index (χ4v) is 7.77. The summed E-state index contributed by atoms with van der Waals surface area (Å²) in [4.78, 5) is 32.2. The van der Waals surface area contributed by atoms with Crippen LogP contribution in [0, 0.1) is 17.2 Å². The molecule has 3 atom stereocenters. The van der Waals surface area contributed by atoms with Crippen LogP contribution >= 0.6 is 11.6 Å². The third kappa shape index (κ3) is 6.33. The SMILES string of the molecule is CN1CCC[C@H]1COc1nc2c(c(N3CCN(C(=O)C[C@@H](N)C4CC4)[C@@H](CC#N)C3)n1)CCN(c1cccc3cccc(Cl)c13)C2. The maximum Gasteiger partial charge on any atom is 0.318 e. The second-order valence-electron chi connectivity index (χ2n) is 13.4. The highest BCUT2D eigenvalue weighted by Crippen LogP contribution is 2.38. The van der Waals surface area contributed by atoms with E-state index >= 15 is 0 Å². The Bertz CT molecular complexity index is 1640. The van der Waals surface area contributed by atoms with Crippen molar-refractivity contribution in [2.75, 3.05) is 56.2 Å². The van der Waals surface area contributed by atoms with Gasteiger partial charge in [-0.3, -0.25) is 4.79 Å². The Morgan fingerprint density at radius 1 is 1.09 bits per heavy atom. The zero-order chi connectivity index (χ0) is 31.8. The van der Waals surface area contributed by atoms with Gasteiger partial charge in [0.05, 0.1) is 35.8 Å². The Kier molecular flexibility index (Phi) is 8.90. The van der Waals surface area contributed by atoms with Gasteiger partial charge in [-0.05, 0) is 69.1 Å². The molecule has 2 saturated heterocycles. The first-order valence-electron chi connectivity index (χ1n) is 16.7. The van der Waals surface area contributed by atoms with Crippen LogP contribution in [0.2, 0.25) is 5.02 Å². The molecule has 3 fully saturated rings. The predicted octanol–water partition coefficient (Wildman–Crippen LogP) is 4.38. The van der Waals surface area contributed by atoms with Crippen LogP contribution in [0.1, 0.15) is 49.8 Å². The molecule has 1 amide bonds. The molecule has 0 spiro atoms. The topological polar surface area (TPSA) is 115 Å². The van der Waals surface area contributed by atoms with E-state index in [-0.39, 0.29) is 24.4 Å². The van der Waals surface area contributed by atoms with E-state index in [0.29, 0.717) is 57.2 Å². The van der Waals surface area contributed by atoms with Crippen LogP contribution in [-0.2, 0) is 17.8 Å². The van der Waals surface area contributed by atoms with Crippen LogP contribution < -0.4 is 20.3 Å². The number of carbonyl (C=O) groups is 1. The Morgan fingerprint density at radius 3 is 2.67 bits per heavy atom. The third-order valence-electron chi connectivity index (χ3n) is 10.3. The van der Waals surface area contributed by atoms with Crippen molar-refractivity contribution < 1.29 is 9.53 Å². The van der Waals surface area contributed by atoms with E-state index in [4.69, 9.17) is 32.0 Å². The van der Waals surface area contributed by atoms with Crippen LogP contribution in [0.5, 0.6) is 6.01 Å². The molecule has 2 aromatic carbocycles. The van der Waals surface area contributed by atoms with Crippen LogP contribution in [0.3, 0.4) is 0 Å². The average molecular weight is 643 g/mol. The summed E-state index contributed by atoms with van der Waals surface area (Å²) in [5.74, 6) is 1.37. The standard InChI is InChI=1S/C35H43ClN8O2/c1-41-15-4-7-26(41)22-46-35-39-30-21-42(31-9-3-6-24-5-2-8-28(36)33(24)31)16-13-27(30)34(40-35)43-17-18-44(25(20-43)12-14-37)32(45)19-29(38)23-10-11-23/h2-3,5-6,8-9,23,25-26,29H,4,7,10-13,15-22,38H2,1H3/t25-,26-,29+/m0/s1. The molecule has 1 aliphatic carbocycles. The molecule has 7 rings (SSSR count). The lowest BCUT2D eigenvalue weighted by Gasteiger charge is -2.43. The maximum atomic E-state index is 13.3. The van der Waals surface area contributed by atoms with Crippen LogP contribution in [-0.4, -0.2) is 90.2 Å². The van der Waals surface area contributed by atoms with Crippen molar-refractivity contribution in [3.8, 4) is 12.1 Å². The van der Waals surface area contributed by atoms with E-state index < -0.39 is 0 Å². The summed E-state index contributed by atoms with van der Waals surface area (Å²) >= 11 is 6.73. The number of benzene rings is 2. The molecule has 4 aliphatic rings. The fraction of sp³-hybridized carbons (Fsp3) is 0.543. The number of ether oxygens (including phenoxy) is 1.